The Labute approximate surface area is 284 Å². The van der Waals surface area contributed by atoms with E-state index in [-0.39, 0.29) is 0 Å². The summed E-state index contributed by atoms with van der Waals surface area (Å²) in [5, 5.41) is 2.19. The molecule has 2 heterocycles. The highest BCUT2D eigenvalue weighted by molar-refractivity contribution is 6.07. The van der Waals surface area contributed by atoms with Gasteiger partial charge in [-0.25, -0.2) is 15.0 Å². The molecule has 0 radical (unpaired) electrons. The van der Waals surface area contributed by atoms with Gasteiger partial charge in [0.15, 0.2) is 17.5 Å². The minimum absolute atomic E-state index is 0.626. The second kappa shape index (κ2) is 12.2. The molecular formula is C45H29N3O. The van der Waals surface area contributed by atoms with E-state index in [1.807, 2.05) is 42.5 Å². The Morgan fingerprint density at radius 2 is 0.694 bits per heavy atom. The van der Waals surface area contributed by atoms with E-state index in [1.54, 1.807) is 0 Å². The van der Waals surface area contributed by atoms with Gasteiger partial charge < -0.3 is 4.42 Å². The number of nitrogens with zero attached hydrogens (tertiary/aromatic N) is 3. The molecule has 0 unspecified atom stereocenters. The molecule has 9 aromatic rings. The monoisotopic (exact) mass is 627 g/mol. The highest BCUT2D eigenvalue weighted by Gasteiger charge is 2.15. The summed E-state index contributed by atoms with van der Waals surface area (Å²) in [5.74, 6) is 1.90. The van der Waals surface area contributed by atoms with Crippen LogP contribution in [0, 0.1) is 0 Å². The van der Waals surface area contributed by atoms with Crippen molar-refractivity contribution in [3.63, 3.8) is 0 Å². The van der Waals surface area contributed by atoms with E-state index >= 15 is 0 Å². The highest BCUT2D eigenvalue weighted by atomic mass is 16.3. The molecule has 0 fully saturated rings. The van der Waals surface area contributed by atoms with Gasteiger partial charge in [0, 0.05) is 27.5 Å². The SMILES string of the molecule is c1ccc(-c2ccc(-c3nc(-c4ccccc4)nc(-c4cccc(-c5ccc6oc7cc(-c8ccccc8)ccc7c6c5)c4)n3)cc2)cc1. The molecule has 0 aliphatic rings. The summed E-state index contributed by atoms with van der Waals surface area (Å²) < 4.78 is 6.31. The number of rotatable bonds is 6. The first-order chi connectivity index (χ1) is 24.2. The Morgan fingerprint density at radius 3 is 1.37 bits per heavy atom. The van der Waals surface area contributed by atoms with Crippen LogP contribution in [0.1, 0.15) is 0 Å². The molecule has 49 heavy (non-hydrogen) atoms. The lowest BCUT2D eigenvalue weighted by Crippen LogP contribution is -2.00. The third kappa shape index (κ3) is 5.56. The number of aromatic nitrogens is 3. The molecule has 0 bridgehead atoms. The van der Waals surface area contributed by atoms with Gasteiger partial charge in [-0.2, -0.15) is 0 Å². The van der Waals surface area contributed by atoms with Gasteiger partial charge >= 0.3 is 0 Å². The van der Waals surface area contributed by atoms with Crippen LogP contribution in [0.2, 0.25) is 0 Å². The molecule has 9 rings (SSSR count). The first-order valence-electron chi connectivity index (χ1n) is 16.4. The average molecular weight is 628 g/mol. The molecule has 4 nitrogen and oxygen atoms in total. The third-order valence-corrected chi connectivity index (χ3v) is 8.95. The Morgan fingerprint density at radius 1 is 0.265 bits per heavy atom. The maximum absolute atomic E-state index is 6.31. The third-order valence-electron chi connectivity index (χ3n) is 8.95. The van der Waals surface area contributed by atoms with Gasteiger partial charge in [0.25, 0.3) is 0 Å². The lowest BCUT2D eigenvalue weighted by atomic mass is 9.99. The van der Waals surface area contributed by atoms with Gasteiger partial charge in [0.2, 0.25) is 0 Å². The summed E-state index contributed by atoms with van der Waals surface area (Å²) in [6.45, 7) is 0. The summed E-state index contributed by atoms with van der Waals surface area (Å²) in [4.78, 5) is 14.9. The molecule has 0 aliphatic carbocycles. The van der Waals surface area contributed by atoms with Crippen LogP contribution in [0.5, 0.6) is 0 Å². The van der Waals surface area contributed by atoms with Crippen LogP contribution in [-0.4, -0.2) is 15.0 Å². The number of fused-ring (bicyclic) bond motifs is 3. The van der Waals surface area contributed by atoms with E-state index in [0.717, 1.165) is 60.9 Å². The van der Waals surface area contributed by atoms with Crippen molar-refractivity contribution in [1.82, 2.24) is 15.0 Å². The first-order valence-corrected chi connectivity index (χ1v) is 16.4. The topological polar surface area (TPSA) is 51.8 Å². The van der Waals surface area contributed by atoms with Crippen LogP contribution in [0.15, 0.2) is 180 Å². The lowest BCUT2D eigenvalue weighted by Gasteiger charge is -2.10. The van der Waals surface area contributed by atoms with Crippen molar-refractivity contribution in [2.24, 2.45) is 0 Å². The van der Waals surface area contributed by atoms with Crippen molar-refractivity contribution in [2.75, 3.05) is 0 Å². The number of benzene rings is 7. The predicted molar refractivity (Wildman–Crippen MR) is 200 cm³/mol. The van der Waals surface area contributed by atoms with Crippen LogP contribution < -0.4 is 0 Å². The number of furan rings is 1. The molecular weight excluding hydrogens is 599 g/mol. The fourth-order valence-corrected chi connectivity index (χ4v) is 6.40. The summed E-state index contributed by atoms with van der Waals surface area (Å²) in [6, 6.07) is 60.5. The first kappa shape index (κ1) is 28.6. The minimum Gasteiger partial charge on any atom is -0.456 e. The fraction of sp³-hybridized carbons (Fsp3) is 0. The van der Waals surface area contributed by atoms with Gasteiger partial charge in [-0.15, -0.1) is 0 Å². The molecule has 0 saturated carbocycles. The second-order valence-electron chi connectivity index (χ2n) is 12.1. The van der Waals surface area contributed by atoms with Gasteiger partial charge in [0.05, 0.1) is 0 Å². The quantitative estimate of drug-likeness (QED) is 0.184. The van der Waals surface area contributed by atoms with Crippen LogP contribution in [0.3, 0.4) is 0 Å². The largest absolute Gasteiger partial charge is 0.456 e. The van der Waals surface area contributed by atoms with Crippen molar-refractivity contribution in [3.8, 4) is 67.5 Å². The Hall–Kier alpha value is -6.65. The molecule has 0 saturated heterocycles. The molecule has 0 amide bonds. The number of hydrogen-bond acceptors (Lipinski definition) is 4. The zero-order chi connectivity index (χ0) is 32.6. The van der Waals surface area contributed by atoms with E-state index in [4.69, 9.17) is 19.4 Å². The van der Waals surface area contributed by atoms with Crippen molar-refractivity contribution in [1.29, 1.82) is 0 Å². The van der Waals surface area contributed by atoms with Crippen molar-refractivity contribution in [3.05, 3.63) is 176 Å². The minimum atomic E-state index is 0.626. The Bertz CT molecular complexity index is 2580. The van der Waals surface area contributed by atoms with Crippen molar-refractivity contribution in [2.45, 2.75) is 0 Å². The fourth-order valence-electron chi connectivity index (χ4n) is 6.40. The highest BCUT2D eigenvalue weighted by Crippen LogP contribution is 2.36. The van der Waals surface area contributed by atoms with E-state index in [9.17, 15) is 0 Å². The van der Waals surface area contributed by atoms with Gasteiger partial charge in [0.1, 0.15) is 11.2 Å². The molecule has 2 aromatic heterocycles. The van der Waals surface area contributed by atoms with E-state index in [1.165, 1.54) is 11.1 Å². The normalized spacial score (nSPS) is 11.3. The summed E-state index contributed by atoms with van der Waals surface area (Å²) >= 11 is 0. The van der Waals surface area contributed by atoms with E-state index in [2.05, 4.69) is 133 Å². The van der Waals surface area contributed by atoms with Crippen LogP contribution in [0.4, 0.5) is 0 Å². The van der Waals surface area contributed by atoms with E-state index in [0.29, 0.717) is 17.5 Å². The predicted octanol–water partition coefficient (Wildman–Crippen LogP) is 11.8. The Kier molecular flexibility index (Phi) is 7.10. The average Bonchev–Trinajstić information content (AvgIpc) is 3.56. The molecule has 0 atom stereocenters. The zero-order valence-corrected chi connectivity index (χ0v) is 26.5. The standard InChI is InChI=1S/C45H29N3O/c1-4-11-30(12-5-1)32-19-21-34(22-20-32)44-46-43(33-15-8-3-9-16-33)47-45(48-44)38-18-10-17-35(27-38)36-24-26-41-40(28-36)39-25-23-37(29-42(39)49-41)31-13-6-2-7-14-31/h1-29H. The second-order valence-corrected chi connectivity index (χ2v) is 12.1. The van der Waals surface area contributed by atoms with Gasteiger partial charge in [-0.3, -0.25) is 0 Å². The number of hydrogen-bond donors (Lipinski definition) is 0. The van der Waals surface area contributed by atoms with Crippen LogP contribution in [0.25, 0.3) is 89.5 Å². The van der Waals surface area contributed by atoms with Gasteiger partial charge in [-0.1, -0.05) is 146 Å². The molecule has 0 N–H and O–H groups in total. The zero-order valence-electron chi connectivity index (χ0n) is 26.5. The molecule has 7 aromatic carbocycles. The van der Waals surface area contributed by atoms with Crippen molar-refractivity contribution >= 4 is 21.9 Å². The maximum atomic E-state index is 6.31. The molecule has 4 heteroatoms. The lowest BCUT2D eigenvalue weighted by molar-refractivity contribution is 0.669. The van der Waals surface area contributed by atoms with Crippen LogP contribution in [-0.2, 0) is 0 Å². The molecule has 0 aliphatic heterocycles. The Balaban J connectivity index is 1.10. The maximum Gasteiger partial charge on any atom is 0.164 e. The van der Waals surface area contributed by atoms with Crippen molar-refractivity contribution < 1.29 is 4.42 Å². The summed E-state index contributed by atoms with van der Waals surface area (Å²) in [7, 11) is 0. The van der Waals surface area contributed by atoms with Gasteiger partial charge in [-0.05, 0) is 63.7 Å². The summed E-state index contributed by atoms with van der Waals surface area (Å²) in [5.41, 5.74) is 11.3. The smallest absolute Gasteiger partial charge is 0.164 e. The molecule has 0 spiro atoms. The summed E-state index contributed by atoms with van der Waals surface area (Å²) in [6.07, 6.45) is 0. The van der Waals surface area contributed by atoms with E-state index < -0.39 is 0 Å². The van der Waals surface area contributed by atoms with Crippen LogP contribution >= 0.6 is 0 Å². The molecule has 230 valence electrons.